The van der Waals surface area contributed by atoms with Crippen LogP contribution in [0.3, 0.4) is 0 Å². The maximum atomic E-state index is 5.75. The summed E-state index contributed by atoms with van der Waals surface area (Å²) in [6, 6.07) is 12.2. The smallest absolute Gasteiger partial charge is 0.138 e. The van der Waals surface area contributed by atoms with Gasteiger partial charge in [0.1, 0.15) is 18.1 Å². The maximum Gasteiger partial charge on any atom is 0.138 e. The first-order valence-electron chi connectivity index (χ1n) is 7.12. The highest BCUT2D eigenvalue weighted by molar-refractivity contribution is 5.33. The molecule has 0 unspecified atom stereocenters. The Morgan fingerprint density at radius 1 is 1.14 bits per heavy atom. The van der Waals surface area contributed by atoms with Crippen LogP contribution in [0.25, 0.3) is 0 Å². The van der Waals surface area contributed by atoms with Gasteiger partial charge in [0.25, 0.3) is 0 Å². The largest absolute Gasteiger partial charge is 0.496 e. The van der Waals surface area contributed by atoms with E-state index >= 15 is 0 Å². The van der Waals surface area contributed by atoms with Gasteiger partial charge in [0.05, 0.1) is 19.0 Å². The normalized spacial score (nSPS) is 10.7. The lowest BCUT2D eigenvalue weighted by Gasteiger charge is -2.11. The van der Waals surface area contributed by atoms with E-state index in [1.807, 2.05) is 36.4 Å². The molecule has 0 saturated heterocycles. The summed E-state index contributed by atoms with van der Waals surface area (Å²) in [6.07, 6.45) is 1.76. The van der Waals surface area contributed by atoms with Crippen LogP contribution in [0.5, 0.6) is 11.5 Å². The Morgan fingerprint density at radius 2 is 1.95 bits per heavy atom. The zero-order valence-electron chi connectivity index (χ0n) is 12.8. The molecular formula is C17H22N2O2. The predicted molar refractivity (Wildman–Crippen MR) is 83.5 cm³/mol. The predicted octanol–water partition coefficient (Wildman–Crippen LogP) is 3.17. The first-order valence-corrected chi connectivity index (χ1v) is 7.12. The molecule has 1 aromatic carbocycles. The SMILES string of the molecule is COc1ccccc1COc1ccc(CNC(C)C)nc1. The van der Waals surface area contributed by atoms with Crippen molar-refractivity contribution < 1.29 is 9.47 Å². The number of pyridine rings is 1. The van der Waals surface area contributed by atoms with Gasteiger partial charge in [-0.05, 0) is 18.2 Å². The summed E-state index contributed by atoms with van der Waals surface area (Å²) in [4.78, 5) is 4.39. The number of rotatable bonds is 7. The Bertz CT molecular complexity index is 553. The average Bonchev–Trinajstić information content (AvgIpc) is 2.52. The van der Waals surface area contributed by atoms with Crippen LogP contribution in [0, 0.1) is 0 Å². The lowest BCUT2D eigenvalue weighted by molar-refractivity contribution is 0.295. The van der Waals surface area contributed by atoms with Crippen molar-refractivity contribution in [3.8, 4) is 11.5 Å². The molecule has 1 aromatic heterocycles. The van der Waals surface area contributed by atoms with Gasteiger partial charge in [-0.25, -0.2) is 0 Å². The Morgan fingerprint density at radius 3 is 2.62 bits per heavy atom. The van der Waals surface area contributed by atoms with Crippen LogP contribution < -0.4 is 14.8 Å². The van der Waals surface area contributed by atoms with E-state index < -0.39 is 0 Å². The highest BCUT2D eigenvalue weighted by Gasteiger charge is 2.03. The summed E-state index contributed by atoms with van der Waals surface area (Å²) < 4.78 is 11.1. The number of aromatic nitrogens is 1. The van der Waals surface area contributed by atoms with Gasteiger partial charge in [-0.15, -0.1) is 0 Å². The molecule has 0 aliphatic carbocycles. The van der Waals surface area contributed by atoms with Crippen LogP contribution in [-0.4, -0.2) is 18.1 Å². The second-order valence-corrected chi connectivity index (χ2v) is 5.12. The lowest BCUT2D eigenvalue weighted by Crippen LogP contribution is -2.22. The molecule has 112 valence electrons. The summed E-state index contributed by atoms with van der Waals surface area (Å²) in [6.45, 7) is 5.47. The molecule has 0 fully saturated rings. The molecule has 2 aromatic rings. The number of para-hydroxylation sites is 1. The fourth-order valence-electron chi connectivity index (χ4n) is 1.89. The Labute approximate surface area is 126 Å². The molecule has 0 aliphatic rings. The molecule has 0 saturated carbocycles. The molecule has 0 bridgehead atoms. The van der Waals surface area contributed by atoms with Crippen molar-refractivity contribution in [1.82, 2.24) is 10.3 Å². The Kier molecular flexibility index (Phi) is 5.58. The van der Waals surface area contributed by atoms with Gasteiger partial charge in [0, 0.05) is 18.2 Å². The molecule has 1 heterocycles. The number of hydrogen-bond donors (Lipinski definition) is 1. The Hall–Kier alpha value is -2.07. The van der Waals surface area contributed by atoms with E-state index in [9.17, 15) is 0 Å². The summed E-state index contributed by atoms with van der Waals surface area (Å²) in [7, 11) is 1.66. The van der Waals surface area contributed by atoms with E-state index in [0.717, 1.165) is 29.3 Å². The van der Waals surface area contributed by atoms with Gasteiger partial charge in [0.15, 0.2) is 0 Å². The number of nitrogens with one attached hydrogen (secondary N) is 1. The average molecular weight is 286 g/mol. The molecule has 0 spiro atoms. The summed E-state index contributed by atoms with van der Waals surface area (Å²) >= 11 is 0. The van der Waals surface area contributed by atoms with Gasteiger partial charge in [0.2, 0.25) is 0 Å². The van der Waals surface area contributed by atoms with Crippen LogP contribution in [0.2, 0.25) is 0 Å². The summed E-state index contributed by atoms with van der Waals surface area (Å²) in [5.74, 6) is 1.59. The van der Waals surface area contributed by atoms with Crippen LogP contribution >= 0.6 is 0 Å². The van der Waals surface area contributed by atoms with Crippen molar-refractivity contribution in [3.05, 3.63) is 53.9 Å². The van der Waals surface area contributed by atoms with Crippen molar-refractivity contribution in [1.29, 1.82) is 0 Å². The zero-order valence-corrected chi connectivity index (χ0v) is 12.8. The van der Waals surface area contributed by atoms with Gasteiger partial charge < -0.3 is 14.8 Å². The minimum absolute atomic E-state index is 0.452. The molecule has 0 radical (unpaired) electrons. The molecule has 21 heavy (non-hydrogen) atoms. The molecular weight excluding hydrogens is 264 g/mol. The molecule has 0 amide bonds. The molecule has 2 rings (SSSR count). The first kappa shape index (κ1) is 15.3. The molecule has 1 N–H and O–H groups in total. The fraction of sp³-hybridized carbons (Fsp3) is 0.353. The third kappa shape index (κ3) is 4.76. The number of benzene rings is 1. The Balaban J connectivity index is 1.91. The van der Waals surface area contributed by atoms with Crippen molar-refractivity contribution in [2.45, 2.75) is 33.0 Å². The van der Waals surface area contributed by atoms with Crippen LogP contribution in [0.4, 0.5) is 0 Å². The third-order valence-electron chi connectivity index (χ3n) is 3.08. The third-order valence-corrected chi connectivity index (χ3v) is 3.08. The van der Waals surface area contributed by atoms with Crippen molar-refractivity contribution >= 4 is 0 Å². The number of ether oxygens (including phenoxy) is 2. The molecule has 4 heteroatoms. The van der Waals surface area contributed by atoms with Crippen LogP contribution in [-0.2, 0) is 13.2 Å². The van der Waals surface area contributed by atoms with E-state index in [1.54, 1.807) is 13.3 Å². The second-order valence-electron chi connectivity index (χ2n) is 5.12. The second kappa shape index (κ2) is 7.64. The number of nitrogens with zero attached hydrogens (tertiary/aromatic N) is 1. The maximum absolute atomic E-state index is 5.75. The van der Waals surface area contributed by atoms with Crippen molar-refractivity contribution in [3.63, 3.8) is 0 Å². The van der Waals surface area contributed by atoms with Crippen molar-refractivity contribution in [2.24, 2.45) is 0 Å². The summed E-state index contributed by atoms with van der Waals surface area (Å²) in [5.41, 5.74) is 2.03. The van der Waals surface area contributed by atoms with E-state index in [2.05, 4.69) is 24.1 Å². The van der Waals surface area contributed by atoms with E-state index in [0.29, 0.717) is 12.6 Å². The highest BCUT2D eigenvalue weighted by atomic mass is 16.5. The van der Waals surface area contributed by atoms with Crippen LogP contribution in [0.15, 0.2) is 42.6 Å². The van der Waals surface area contributed by atoms with Gasteiger partial charge in [-0.2, -0.15) is 0 Å². The van der Waals surface area contributed by atoms with E-state index in [-0.39, 0.29) is 0 Å². The highest BCUT2D eigenvalue weighted by Crippen LogP contribution is 2.19. The minimum Gasteiger partial charge on any atom is -0.496 e. The van der Waals surface area contributed by atoms with Gasteiger partial charge in [-0.3, -0.25) is 4.98 Å². The lowest BCUT2D eigenvalue weighted by atomic mass is 10.2. The van der Waals surface area contributed by atoms with E-state index in [1.165, 1.54) is 0 Å². The number of methoxy groups -OCH3 is 1. The number of hydrogen-bond acceptors (Lipinski definition) is 4. The minimum atomic E-state index is 0.452. The summed E-state index contributed by atoms with van der Waals surface area (Å²) in [5, 5.41) is 3.33. The monoisotopic (exact) mass is 286 g/mol. The molecule has 0 aliphatic heterocycles. The first-order chi connectivity index (χ1) is 10.2. The van der Waals surface area contributed by atoms with Gasteiger partial charge >= 0.3 is 0 Å². The molecule has 4 nitrogen and oxygen atoms in total. The fourth-order valence-corrected chi connectivity index (χ4v) is 1.89. The van der Waals surface area contributed by atoms with Gasteiger partial charge in [-0.1, -0.05) is 32.0 Å². The zero-order chi connectivity index (χ0) is 15.1. The van der Waals surface area contributed by atoms with E-state index in [4.69, 9.17) is 9.47 Å². The molecule has 0 atom stereocenters. The quantitative estimate of drug-likeness (QED) is 0.849. The standard InChI is InChI=1S/C17H22N2O2/c1-13(2)18-10-15-8-9-16(11-19-15)21-12-14-6-4-5-7-17(14)20-3/h4-9,11,13,18H,10,12H2,1-3H3. The van der Waals surface area contributed by atoms with Crippen LogP contribution in [0.1, 0.15) is 25.1 Å². The topological polar surface area (TPSA) is 43.4 Å². The van der Waals surface area contributed by atoms with Crippen molar-refractivity contribution in [2.75, 3.05) is 7.11 Å².